The van der Waals surface area contributed by atoms with E-state index < -0.39 is 15.5 Å². The monoisotopic (exact) mass is 433 g/mol. The van der Waals surface area contributed by atoms with Gasteiger partial charge >= 0.3 is 0 Å². The number of unbranched alkanes of at least 4 members (excludes halogenated alkanes) is 2. The summed E-state index contributed by atoms with van der Waals surface area (Å²) < 4.78 is 34.7. The standard InChI is InChI=1S/C23H31NO3S2/c1-4-7-11-17-15-18(12-8-5-2)23-21(16-17)28-20-14-10-9-13-19(20)24(23)22(6-3)29(25,26)27/h9-10,13-16,22H,4-8,11-12H2,1-3H3,(H,25,26,27). The van der Waals surface area contributed by atoms with E-state index in [1.165, 1.54) is 11.1 Å². The van der Waals surface area contributed by atoms with E-state index in [1.807, 2.05) is 36.1 Å². The average molecular weight is 434 g/mol. The first-order chi connectivity index (χ1) is 13.9. The van der Waals surface area contributed by atoms with Crippen LogP contribution in [0, 0.1) is 0 Å². The molecule has 0 fully saturated rings. The van der Waals surface area contributed by atoms with Crippen LogP contribution < -0.4 is 4.90 Å². The highest BCUT2D eigenvalue weighted by Gasteiger charge is 2.36. The van der Waals surface area contributed by atoms with E-state index in [-0.39, 0.29) is 0 Å². The van der Waals surface area contributed by atoms with Crippen LogP contribution in [-0.2, 0) is 23.0 Å². The Bertz CT molecular complexity index is 957. The van der Waals surface area contributed by atoms with Crippen LogP contribution in [0.15, 0.2) is 46.2 Å². The molecule has 1 atom stereocenters. The highest BCUT2D eigenvalue weighted by molar-refractivity contribution is 7.99. The van der Waals surface area contributed by atoms with Crippen LogP contribution in [0.25, 0.3) is 0 Å². The summed E-state index contributed by atoms with van der Waals surface area (Å²) in [6.07, 6.45) is 6.64. The Kier molecular flexibility index (Phi) is 7.30. The molecule has 0 spiro atoms. The molecule has 29 heavy (non-hydrogen) atoms. The molecule has 3 rings (SSSR count). The van der Waals surface area contributed by atoms with Gasteiger partial charge in [0.1, 0.15) is 0 Å². The molecule has 158 valence electrons. The Morgan fingerprint density at radius 1 is 1.00 bits per heavy atom. The topological polar surface area (TPSA) is 57.6 Å². The summed E-state index contributed by atoms with van der Waals surface area (Å²) in [5, 5.41) is -0.995. The van der Waals surface area contributed by atoms with Crippen LogP contribution in [-0.4, -0.2) is 18.3 Å². The molecule has 0 radical (unpaired) electrons. The number of rotatable bonds is 9. The predicted octanol–water partition coefficient (Wildman–Crippen LogP) is 6.60. The maximum absolute atomic E-state index is 12.3. The van der Waals surface area contributed by atoms with Crippen molar-refractivity contribution in [2.45, 2.75) is 80.9 Å². The second-order valence-corrected chi connectivity index (χ2v) is 10.3. The molecule has 6 heteroatoms. The Hall–Kier alpha value is -1.50. The Labute approximate surface area is 179 Å². The molecule has 2 aromatic carbocycles. The highest BCUT2D eigenvalue weighted by Crippen LogP contribution is 2.52. The summed E-state index contributed by atoms with van der Waals surface area (Å²) in [4.78, 5) is 3.98. The van der Waals surface area contributed by atoms with E-state index in [0.717, 1.165) is 59.7 Å². The maximum atomic E-state index is 12.3. The van der Waals surface area contributed by atoms with Gasteiger partial charge in [-0.05, 0) is 61.4 Å². The molecule has 0 saturated carbocycles. The fraction of sp³-hybridized carbons (Fsp3) is 0.478. The summed E-state index contributed by atoms with van der Waals surface area (Å²) in [6, 6.07) is 12.3. The van der Waals surface area contributed by atoms with Gasteiger partial charge in [0.25, 0.3) is 10.1 Å². The van der Waals surface area contributed by atoms with Gasteiger partial charge in [0.15, 0.2) is 5.37 Å². The average Bonchev–Trinajstić information content (AvgIpc) is 2.69. The molecule has 1 aliphatic heterocycles. The van der Waals surface area contributed by atoms with Gasteiger partial charge < -0.3 is 4.90 Å². The third-order valence-electron chi connectivity index (χ3n) is 5.40. The minimum Gasteiger partial charge on any atom is -0.319 e. The Morgan fingerprint density at radius 2 is 1.69 bits per heavy atom. The van der Waals surface area contributed by atoms with Crippen LogP contribution >= 0.6 is 11.8 Å². The van der Waals surface area contributed by atoms with Gasteiger partial charge in [-0.2, -0.15) is 8.42 Å². The zero-order chi connectivity index (χ0) is 21.0. The van der Waals surface area contributed by atoms with E-state index in [0.29, 0.717) is 6.42 Å². The smallest absolute Gasteiger partial charge is 0.286 e. The SMILES string of the molecule is CCCCc1cc(CCCC)c2c(c1)Sc1ccccc1N2C(CC)S(=O)(=O)O. The molecule has 2 aromatic rings. The first-order valence-corrected chi connectivity index (χ1v) is 12.9. The van der Waals surface area contributed by atoms with Gasteiger partial charge in [0, 0.05) is 9.79 Å². The first kappa shape index (κ1) is 22.2. The zero-order valence-electron chi connectivity index (χ0n) is 17.5. The number of fused-ring (bicyclic) bond motifs is 2. The molecule has 0 aromatic heterocycles. The van der Waals surface area contributed by atoms with Crippen molar-refractivity contribution < 1.29 is 13.0 Å². The number of hydrogen-bond donors (Lipinski definition) is 1. The molecule has 1 unspecified atom stereocenters. The lowest BCUT2D eigenvalue weighted by atomic mass is 9.98. The molecule has 1 aliphatic rings. The number of hydrogen-bond acceptors (Lipinski definition) is 4. The van der Waals surface area contributed by atoms with Gasteiger partial charge in [0.05, 0.1) is 11.4 Å². The van der Waals surface area contributed by atoms with E-state index >= 15 is 0 Å². The number of aryl methyl sites for hydroxylation is 2. The number of anilines is 2. The quantitative estimate of drug-likeness (QED) is 0.452. The third kappa shape index (κ3) is 4.81. The van der Waals surface area contributed by atoms with Crippen molar-refractivity contribution in [2.24, 2.45) is 0 Å². The van der Waals surface area contributed by atoms with E-state index in [2.05, 4.69) is 26.0 Å². The minimum atomic E-state index is -4.24. The molecule has 1 N–H and O–H groups in total. The van der Waals surface area contributed by atoms with Crippen molar-refractivity contribution in [3.63, 3.8) is 0 Å². The third-order valence-corrected chi connectivity index (χ3v) is 7.73. The van der Waals surface area contributed by atoms with Crippen molar-refractivity contribution in [2.75, 3.05) is 4.90 Å². The first-order valence-electron chi connectivity index (χ1n) is 10.6. The number of benzene rings is 2. The largest absolute Gasteiger partial charge is 0.319 e. The zero-order valence-corrected chi connectivity index (χ0v) is 19.2. The van der Waals surface area contributed by atoms with Crippen molar-refractivity contribution in [3.8, 4) is 0 Å². The number of nitrogens with zero attached hydrogens (tertiary/aromatic N) is 1. The predicted molar refractivity (Wildman–Crippen MR) is 122 cm³/mol. The maximum Gasteiger partial charge on any atom is 0.286 e. The van der Waals surface area contributed by atoms with Gasteiger partial charge in [-0.3, -0.25) is 4.55 Å². The summed E-state index contributed by atoms with van der Waals surface area (Å²) in [5.41, 5.74) is 4.29. The van der Waals surface area contributed by atoms with Gasteiger partial charge in [-0.15, -0.1) is 0 Å². The summed E-state index contributed by atoms with van der Waals surface area (Å²) in [6.45, 7) is 6.17. The fourth-order valence-corrected chi connectivity index (χ4v) is 6.07. The van der Waals surface area contributed by atoms with Crippen LogP contribution in [0.1, 0.15) is 64.0 Å². The lowest BCUT2D eigenvalue weighted by molar-refractivity contribution is 0.464. The number of para-hydroxylation sites is 1. The van der Waals surface area contributed by atoms with Crippen LogP contribution in [0.4, 0.5) is 11.4 Å². The lowest BCUT2D eigenvalue weighted by Gasteiger charge is -2.38. The molecular weight excluding hydrogens is 402 g/mol. The van der Waals surface area contributed by atoms with E-state index in [4.69, 9.17) is 0 Å². The molecule has 0 aliphatic carbocycles. The minimum absolute atomic E-state index is 0.308. The Balaban J connectivity index is 2.22. The van der Waals surface area contributed by atoms with Crippen molar-refractivity contribution in [1.82, 2.24) is 0 Å². The van der Waals surface area contributed by atoms with Crippen molar-refractivity contribution >= 4 is 33.3 Å². The van der Waals surface area contributed by atoms with Crippen LogP contribution in [0.3, 0.4) is 0 Å². The molecular formula is C23H31NO3S2. The highest BCUT2D eigenvalue weighted by atomic mass is 32.2. The van der Waals surface area contributed by atoms with Gasteiger partial charge in [-0.25, -0.2) is 0 Å². The summed E-state index contributed by atoms with van der Waals surface area (Å²) in [7, 11) is -4.24. The van der Waals surface area contributed by atoms with Crippen LogP contribution in [0.5, 0.6) is 0 Å². The second-order valence-electron chi connectivity index (χ2n) is 7.63. The van der Waals surface area contributed by atoms with E-state index in [9.17, 15) is 13.0 Å². The second kappa shape index (κ2) is 9.54. The molecule has 4 nitrogen and oxygen atoms in total. The van der Waals surface area contributed by atoms with Gasteiger partial charge in [0.2, 0.25) is 0 Å². The van der Waals surface area contributed by atoms with E-state index in [1.54, 1.807) is 11.8 Å². The molecule has 0 bridgehead atoms. The lowest BCUT2D eigenvalue weighted by Crippen LogP contribution is -2.39. The molecule has 1 heterocycles. The summed E-state index contributed by atoms with van der Waals surface area (Å²) >= 11 is 1.70. The Morgan fingerprint density at radius 3 is 2.34 bits per heavy atom. The van der Waals surface area contributed by atoms with Gasteiger partial charge in [-0.1, -0.05) is 63.6 Å². The van der Waals surface area contributed by atoms with Crippen molar-refractivity contribution in [1.29, 1.82) is 0 Å². The van der Waals surface area contributed by atoms with Crippen LogP contribution in [0.2, 0.25) is 0 Å². The molecule has 0 saturated heterocycles. The molecule has 0 amide bonds. The fourth-order valence-electron chi connectivity index (χ4n) is 3.97. The summed E-state index contributed by atoms with van der Waals surface area (Å²) in [5.74, 6) is 0. The van der Waals surface area contributed by atoms with Crippen molar-refractivity contribution in [3.05, 3.63) is 47.5 Å². The normalized spacial score (nSPS) is 14.4.